The number of hydrogen-bond donors (Lipinski definition) is 0. The number of nitrogens with zero attached hydrogens (tertiary/aromatic N) is 2. The summed E-state index contributed by atoms with van der Waals surface area (Å²) in [6.07, 6.45) is 1.79. The first-order valence-corrected chi connectivity index (χ1v) is 8.74. The van der Waals surface area contributed by atoms with Gasteiger partial charge in [0.2, 0.25) is 5.89 Å². The number of aromatic nitrogens is 2. The summed E-state index contributed by atoms with van der Waals surface area (Å²) in [5, 5.41) is 8.23. The van der Waals surface area contributed by atoms with Gasteiger partial charge in [-0.3, -0.25) is 0 Å². The molecule has 2 rings (SSSR count). The number of thioether (sulfide) groups is 1. The zero-order chi connectivity index (χ0) is 13.7. The van der Waals surface area contributed by atoms with Gasteiger partial charge < -0.3 is 4.42 Å². The van der Waals surface area contributed by atoms with E-state index in [0.29, 0.717) is 23.3 Å². The monoisotopic (exact) mass is 298 g/mol. The Labute approximate surface area is 116 Å². The predicted molar refractivity (Wildman–Crippen MR) is 74.0 cm³/mol. The lowest BCUT2D eigenvalue weighted by Crippen LogP contribution is -2.04. The third kappa shape index (κ3) is 5.04. The molecule has 0 atom stereocenters. The minimum atomic E-state index is -2.95. The molecule has 0 bridgehead atoms. The Morgan fingerprint density at radius 1 is 1.21 bits per heavy atom. The maximum atomic E-state index is 11.0. The summed E-state index contributed by atoms with van der Waals surface area (Å²) in [4.78, 5) is 0. The first-order chi connectivity index (χ1) is 9.03. The lowest BCUT2D eigenvalue weighted by molar-refractivity contribution is 0.420. The van der Waals surface area contributed by atoms with Gasteiger partial charge in [-0.1, -0.05) is 42.1 Å². The second-order valence-electron chi connectivity index (χ2n) is 4.10. The molecule has 5 nitrogen and oxygen atoms in total. The van der Waals surface area contributed by atoms with Crippen molar-refractivity contribution in [3.8, 4) is 0 Å². The second kappa shape index (κ2) is 6.21. The van der Waals surface area contributed by atoms with Gasteiger partial charge >= 0.3 is 0 Å². The average molecular weight is 298 g/mol. The van der Waals surface area contributed by atoms with E-state index in [0.717, 1.165) is 5.56 Å². The summed E-state index contributed by atoms with van der Waals surface area (Å²) >= 11 is 1.26. The fourth-order valence-corrected chi connectivity index (χ4v) is 3.39. The van der Waals surface area contributed by atoms with Crippen molar-refractivity contribution in [2.45, 2.75) is 11.6 Å². The van der Waals surface area contributed by atoms with Crippen molar-refractivity contribution in [1.82, 2.24) is 10.2 Å². The maximum Gasteiger partial charge on any atom is 0.276 e. The van der Waals surface area contributed by atoms with Gasteiger partial charge in [0.15, 0.2) is 0 Å². The first kappa shape index (κ1) is 14.1. The molecule has 7 heteroatoms. The molecule has 0 N–H and O–H groups in total. The smallest absolute Gasteiger partial charge is 0.276 e. The van der Waals surface area contributed by atoms with E-state index in [4.69, 9.17) is 4.42 Å². The van der Waals surface area contributed by atoms with Gasteiger partial charge in [-0.05, 0) is 5.56 Å². The third-order valence-electron chi connectivity index (χ3n) is 2.33. The van der Waals surface area contributed by atoms with E-state index in [2.05, 4.69) is 10.2 Å². The Morgan fingerprint density at radius 3 is 2.63 bits per heavy atom. The van der Waals surface area contributed by atoms with Gasteiger partial charge in [0.25, 0.3) is 5.22 Å². The molecule has 0 aliphatic carbocycles. The van der Waals surface area contributed by atoms with Crippen molar-refractivity contribution in [3.05, 3.63) is 41.8 Å². The molecule has 0 spiro atoms. The summed E-state index contributed by atoms with van der Waals surface area (Å²) in [5.41, 5.74) is 1.10. The van der Waals surface area contributed by atoms with Crippen LogP contribution in [0, 0.1) is 0 Å². The minimum absolute atomic E-state index is 0.105. The molecule has 0 saturated heterocycles. The third-order valence-corrected chi connectivity index (χ3v) is 4.35. The summed E-state index contributed by atoms with van der Waals surface area (Å²) in [6.45, 7) is 0. The lowest BCUT2D eigenvalue weighted by atomic mass is 10.2. The van der Waals surface area contributed by atoms with Crippen LogP contribution in [0.1, 0.15) is 11.5 Å². The van der Waals surface area contributed by atoms with Crippen LogP contribution < -0.4 is 0 Å². The van der Waals surface area contributed by atoms with Crippen LogP contribution >= 0.6 is 11.8 Å². The fourth-order valence-electron chi connectivity index (χ4n) is 1.42. The van der Waals surface area contributed by atoms with Crippen LogP contribution in [0.3, 0.4) is 0 Å². The normalized spacial score (nSPS) is 11.6. The Bertz CT molecular complexity index is 623. The Balaban J connectivity index is 1.89. The molecule has 2 aromatic rings. The van der Waals surface area contributed by atoms with Gasteiger partial charge in [0.05, 0.1) is 12.2 Å². The molecule has 0 fully saturated rings. The molecule has 1 heterocycles. The topological polar surface area (TPSA) is 73.1 Å². The fraction of sp³-hybridized carbons (Fsp3) is 0.333. The van der Waals surface area contributed by atoms with Crippen molar-refractivity contribution in [2.24, 2.45) is 0 Å². The molecule has 1 aromatic carbocycles. The van der Waals surface area contributed by atoms with Crippen LogP contribution in [0.5, 0.6) is 0 Å². The zero-order valence-electron chi connectivity index (χ0n) is 10.4. The van der Waals surface area contributed by atoms with Crippen molar-refractivity contribution in [1.29, 1.82) is 0 Å². The molecule has 0 amide bonds. The van der Waals surface area contributed by atoms with E-state index in [1.165, 1.54) is 18.0 Å². The van der Waals surface area contributed by atoms with E-state index in [9.17, 15) is 8.42 Å². The van der Waals surface area contributed by atoms with E-state index in [1.807, 2.05) is 30.3 Å². The summed E-state index contributed by atoms with van der Waals surface area (Å²) < 4.78 is 27.4. The average Bonchev–Trinajstić information content (AvgIpc) is 2.76. The quantitative estimate of drug-likeness (QED) is 0.757. The standard InChI is InChI=1S/C12H14N2O3S2/c1-19(15,16)8-7-18-12-14-13-11(17-12)9-10-5-3-2-4-6-10/h2-6H,7-9H2,1H3. The highest BCUT2D eigenvalue weighted by Crippen LogP contribution is 2.17. The number of rotatable bonds is 6. The lowest BCUT2D eigenvalue weighted by Gasteiger charge is -1.96. The van der Waals surface area contributed by atoms with Crippen molar-refractivity contribution < 1.29 is 12.8 Å². The SMILES string of the molecule is CS(=O)(=O)CCSc1nnc(Cc2ccccc2)o1. The zero-order valence-corrected chi connectivity index (χ0v) is 12.1. The molecule has 19 heavy (non-hydrogen) atoms. The van der Waals surface area contributed by atoms with Crippen LogP contribution in [0.4, 0.5) is 0 Å². The van der Waals surface area contributed by atoms with Gasteiger partial charge in [-0.2, -0.15) is 0 Å². The molecule has 0 aliphatic heterocycles. The van der Waals surface area contributed by atoms with Crippen molar-refractivity contribution in [3.63, 3.8) is 0 Å². The largest absolute Gasteiger partial charge is 0.416 e. The van der Waals surface area contributed by atoms with Gasteiger partial charge in [0, 0.05) is 12.0 Å². The summed E-state index contributed by atoms with van der Waals surface area (Å²) in [7, 11) is -2.95. The number of hydrogen-bond acceptors (Lipinski definition) is 6. The van der Waals surface area contributed by atoms with Crippen LogP contribution in [0.2, 0.25) is 0 Å². The van der Waals surface area contributed by atoms with E-state index in [1.54, 1.807) is 0 Å². The van der Waals surface area contributed by atoms with Gasteiger partial charge in [-0.25, -0.2) is 8.42 Å². The minimum Gasteiger partial charge on any atom is -0.416 e. The van der Waals surface area contributed by atoms with E-state index < -0.39 is 9.84 Å². The molecule has 1 aromatic heterocycles. The van der Waals surface area contributed by atoms with Crippen LogP contribution in [-0.4, -0.2) is 36.4 Å². The summed E-state index contributed by atoms with van der Waals surface area (Å²) in [6, 6.07) is 9.83. The van der Waals surface area contributed by atoms with Crippen LogP contribution in [-0.2, 0) is 16.3 Å². The highest BCUT2D eigenvalue weighted by Gasteiger charge is 2.09. The maximum absolute atomic E-state index is 11.0. The van der Waals surface area contributed by atoms with Crippen molar-refractivity contribution in [2.75, 3.05) is 17.8 Å². The first-order valence-electron chi connectivity index (χ1n) is 5.70. The molecular formula is C12H14N2O3S2. The molecule has 0 unspecified atom stereocenters. The van der Waals surface area contributed by atoms with Gasteiger partial charge in [-0.15, -0.1) is 10.2 Å². The molecule has 0 aliphatic rings. The second-order valence-corrected chi connectivity index (χ2v) is 7.41. The van der Waals surface area contributed by atoms with E-state index >= 15 is 0 Å². The molecule has 0 saturated carbocycles. The molecular weight excluding hydrogens is 284 g/mol. The summed E-state index contributed by atoms with van der Waals surface area (Å²) in [5.74, 6) is 1.06. The van der Waals surface area contributed by atoms with Crippen LogP contribution in [0.25, 0.3) is 0 Å². The van der Waals surface area contributed by atoms with Gasteiger partial charge in [0.1, 0.15) is 9.84 Å². The number of sulfone groups is 1. The molecule has 102 valence electrons. The Kier molecular flexibility index (Phi) is 4.60. The Hall–Kier alpha value is -1.34. The number of benzene rings is 1. The van der Waals surface area contributed by atoms with Crippen LogP contribution in [0.15, 0.2) is 40.0 Å². The Morgan fingerprint density at radius 2 is 1.95 bits per heavy atom. The highest BCUT2D eigenvalue weighted by molar-refractivity contribution is 8.00. The van der Waals surface area contributed by atoms with E-state index in [-0.39, 0.29) is 5.75 Å². The van der Waals surface area contributed by atoms with Crippen molar-refractivity contribution >= 4 is 21.6 Å². The predicted octanol–water partition coefficient (Wildman–Crippen LogP) is 1.80. The highest BCUT2D eigenvalue weighted by atomic mass is 32.2. The molecule has 0 radical (unpaired) electrons.